The number of thiocarbonyl (C=S) groups is 1. The van der Waals surface area contributed by atoms with Crippen LogP contribution in [0.25, 0.3) is 0 Å². The zero-order chi connectivity index (χ0) is 12.6. The van der Waals surface area contributed by atoms with Crippen molar-refractivity contribution >= 4 is 37.1 Å². The fourth-order valence-electron chi connectivity index (χ4n) is 1.32. The van der Waals surface area contributed by atoms with Gasteiger partial charge in [-0.25, -0.2) is 16.8 Å². The quantitative estimate of drug-likeness (QED) is 0.649. The van der Waals surface area contributed by atoms with E-state index in [1.54, 1.807) is 0 Å². The van der Waals surface area contributed by atoms with Crippen LogP contribution in [0, 0.1) is 0 Å². The first kappa shape index (κ1) is 13.8. The van der Waals surface area contributed by atoms with E-state index in [2.05, 4.69) is 12.2 Å². The number of sulfonamides is 1. The highest BCUT2D eigenvalue weighted by Crippen LogP contribution is 2.13. The third kappa shape index (κ3) is 2.90. The first-order valence-electron chi connectivity index (χ1n) is 4.65. The minimum absolute atomic E-state index is 0.0162. The summed E-state index contributed by atoms with van der Waals surface area (Å²) in [7, 11) is -6.70. The van der Waals surface area contributed by atoms with E-state index in [0.29, 0.717) is 0 Å². The van der Waals surface area contributed by atoms with Crippen LogP contribution in [0.2, 0.25) is 0 Å². The Bertz CT molecular complexity index is 468. The number of rotatable bonds is 3. The van der Waals surface area contributed by atoms with Gasteiger partial charge in [0.1, 0.15) is 5.25 Å². The van der Waals surface area contributed by atoms with Crippen molar-refractivity contribution in [1.29, 1.82) is 0 Å². The van der Waals surface area contributed by atoms with E-state index in [1.807, 2.05) is 0 Å². The minimum Gasteiger partial charge on any atom is -0.392 e. The Balaban J connectivity index is 2.84. The predicted molar refractivity (Wildman–Crippen MR) is 65.4 cm³/mol. The average Bonchev–Trinajstić information content (AvgIpc) is 2.15. The zero-order valence-corrected chi connectivity index (χ0v) is 11.2. The summed E-state index contributed by atoms with van der Waals surface area (Å²) in [4.78, 5) is -0.103. The molecule has 2 N–H and O–H groups in total. The van der Waals surface area contributed by atoms with Gasteiger partial charge in [0.25, 0.3) is 0 Å². The van der Waals surface area contributed by atoms with E-state index in [4.69, 9.17) is 5.73 Å². The molecule has 9 heteroatoms. The van der Waals surface area contributed by atoms with Crippen LogP contribution >= 0.6 is 12.2 Å². The largest absolute Gasteiger partial charge is 0.392 e. The summed E-state index contributed by atoms with van der Waals surface area (Å²) in [6.45, 7) is 1.37. The molecule has 1 atom stereocenters. The fraction of sp³-hybridized carbons (Fsp3) is 0.857. The molecule has 0 aromatic heterocycles. The zero-order valence-electron chi connectivity index (χ0n) is 8.79. The lowest BCUT2D eigenvalue weighted by atomic mass is 10.5. The molecule has 94 valence electrons. The Morgan fingerprint density at radius 3 is 2.19 bits per heavy atom. The third-order valence-corrected chi connectivity index (χ3v) is 6.86. The van der Waals surface area contributed by atoms with E-state index >= 15 is 0 Å². The van der Waals surface area contributed by atoms with Gasteiger partial charge in [-0.15, -0.1) is 0 Å². The van der Waals surface area contributed by atoms with Crippen LogP contribution in [0.5, 0.6) is 0 Å². The number of hydrogen-bond donors (Lipinski definition) is 1. The van der Waals surface area contributed by atoms with Crippen molar-refractivity contribution in [3.63, 3.8) is 0 Å². The first-order chi connectivity index (χ1) is 7.17. The molecule has 0 aliphatic carbocycles. The second-order valence-electron chi connectivity index (χ2n) is 3.64. The Morgan fingerprint density at radius 2 is 1.81 bits per heavy atom. The predicted octanol–water partition coefficient (Wildman–Crippen LogP) is -1.28. The van der Waals surface area contributed by atoms with Crippen LogP contribution in [0.4, 0.5) is 0 Å². The second kappa shape index (κ2) is 4.55. The summed E-state index contributed by atoms with van der Waals surface area (Å²) in [5.41, 5.74) is 5.29. The topological polar surface area (TPSA) is 97.5 Å². The van der Waals surface area contributed by atoms with E-state index in [-0.39, 0.29) is 29.6 Å². The molecule has 0 spiro atoms. The molecular weight excluding hydrogens is 272 g/mol. The number of sulfone groups is 1. The average molecular weight is 286 g/mol. The maximum atomic E-state index is 11.9. The highest BCUT2D eigenvalue weighted by molar-refractivity contribution is 7.93. The van der Waals surface area contributed by atoms with Crippen molar-refractivity contribution in [1.82, 2.24) is 4.31 Å². The maximum Gasteiger partial charge on any atom is 0.223 e. The molecule has 1 rings (SSSR count). The molecule has 0 aromatic rings. The molecule has 1 heterocycles. The molecule has 0 bridgehead atoms. The van der Waals surface area contributed by atoms with Gasteiger partial charge in [-0.2, -0.15) is 4.31 Å². The van der Waals surface area contributed by atoms with Gasteiger partial charge in [0.05, 0.1) is 16.5 Å². The normalized spacial score (nSPS) is 23.8. The standard InChI is InChI=1S/C7H14N2O4S3/c1-6(7(8)14)16(12,13)9-2-4-15(10,11)5-3-9/h6H,2-5H2,1H3,(H2,8,14). The van der Waals surface area contributed by atoms with Crippen LogP contribution in [0.15, 0.2) is 0 Å². The van der Waals surface area contributed by atoms with E-state index in [0.717, 1.165) is 4.31 Å². The number of hydrogen-bond acceptors (Lipinski definition) is 5. The van der Waals surface area contributed by atoms with Crippen LogP contribution < -0.4 is 5.73 Å². The van der Waals surface area contributed by atoms with Gasteiger partial charge in [0, 0.05) is 13.1 Å². The van der Waals surface area contributed by atoms with Gasteiger partial charge in [0.2, 0.25) is 10.0 Å². The molecule has 0 aromatic carbocycles. The minimum atomic E-state index is -3.61. The maximum absolute atomic E-state index is 11.9. The van der Waals surface area contributed by atoms with Crippen LogP contribution in [-0.2, 0) is 19.9 Å². The molecule has 1 saturated heterocycles. The third-order valence-electron chi connectivity index (χ3n) is 2.51. The van der Waals surface area contributed by atoms with Gasteiger partial charge in [-0.3, -0.25) is 0 Å². The molecule has 6 nitrogen and oxygen atoms in total. The van der Waals surface area contributed by atoms with Crippen molar-refractivity contribution in [3.8, 4) is 0 Å². The lowest BCUT2D eigenvalue weighted by Gasteiger charge is -2.28. The van der Waals surface area contributed by atoms with Gasteiger partial charge < -0.3 is 5.73 Å². The second-order valence-corrected chi connectivity index (χ2v) is 8.67. The molecule has 16 heavy (non-hydrogen) atoms. The van der Waals surface area contributed by atoms with Gasteiger partial charge in [-0.05, 0) is 6.92 Å². The summed E-state index contributed by atoms with van der Waals surface area (Å²) in [5, 5.41) is -0.955. The van der Waals surface area contributed by atoms with E-state index < -0.39 is 25.1 Å². The smallest absolute Gasteiger partial charge is 0.223 e. The summed E-state index contributed by atoms with van der Waals surface area (Å²) in [6.07, 6.45) is 0. The van der Waals surface area contributed by atoms with Gasteiger partial charge >= 0.3 is 0 Å². The van der Waals surface area contributed by atoms with Crippen molar-refractivity contribution in [2.75, 3.05) is 24.6 Å². The van der Waals surface area contributed by atoms with Crippen molar-refractivity contribution in [3.05, 3.63) is 0 Å². The molecule has 1 aliphatic heterocycles. The first-order valence-corrected chi connectivity index (χ1v) is 8.39. The SMILES string of the molecule is CC(C(N)=S)S(=O)(=O)N1CCS(=O)(=O)CC1. The molecule has 1 fully saturated rings. The molecular formula is C7H14N2O4S3. The monoisotopic (exact) mass is 286 g/mol. The number of nitrogens with zero attached hydrogens (tertiary/aromatic N) is 1. The molecule has 0 amide bonds. The lowest BCUT2D eigenvalue weighted by Crippen LogP contribution is -2.49. The Morgan fingerprint density at radius 1 is 1.38 bits per heavy atom. The van der Waals surface area contributed by atoms with Crippen LogP contribution in [-0.4, -0.2) is 56.0 Å². The Kier molecular flexibility index (Phi) is 3.93. The summed E-state index contributed by atoms with van der Waals surface area (Å²) >= 11 is 4.63. The van der Waals surface area contributed by atoms with Crippen molar-refractivity contribution in [2.24, 2.45) is 5.73 Å². The highest BCUT2D eigenvalue weighted by Gasteiger charge is 2.34. The van der Waals surface area contributed by atoms with Crippen LogP contribution in [0.1, 0.15) is 6.92 Å². The Labute approximate surface area is 101 Å². The van der Waals surface area contributed by atoms with Crippen molar-refractivity contribution < 1.29 is 16.8 Å². The molecule has 1 unspecified atom stereocenters. The molecule has 1 aliphatic rings. The highest BCUT2D eigenvalue weighted by atomic mass is 32.2. The van der Waals surface area contributed by atoms with Crippen molar-refractivity contribution in [2.45, 2.75) is 12.2 Å². The van der Waals surface area contributed by atoms with E-state index in [9.17, 15) is 16.8 Å². The summed E-state index contributed by atoms with van der Waals surface area (Å²) < 4.78 is 47.2. The Hall–Kier alpha value is -0.250. The molecule has 0 radical (unpaired) electrons. The lowest BCUT2D eigenvalue weighted by molar-refractivity contribution is 0.429. The van der Waals surface area contributed by atoms with Crippen LogP contribution in [0.3, 0.4) is 0 Å². The fourth-order valence-corrected chi connectivity index (χ4v) is 4.55. The van der Waals surface area contributed by atoms with Gasteiger partial charge in [0.15, 0.2) is 9.84 Å². The summed E-state index contributed by atoms with van der Waals surface area (Å²) in [6, 6.07) is 0. The molecule has 0 saturated carbocycles. The van der Waals surface area contributed by atoms with Gasteiger partial charge in [-0.1, -0.05) is 12.2 Å². The number of nitrogens with two attached hydrogens (primary N) is 1. The van der Waals surface area contributed by atoms with E-state index in [1.165, 1.54) is 6.92 Å². The summed E-state index contributed by atoms with van der Waals surface area (Å²) in [5.74, 6) is -0.285.